The number of nitrogens with zero attached hydrogens (tertiary/aromatic N) is 1. The second kappa shape index (κ2) is 8.59. The minimum atomic E-state index is -3.80. The van der Waals surface area contributed by atoms with Crippen LogP contribution in [-0.2, 0) is 14.8 Å². The van der Waals surface area contributed by atoms with Crippen molar-refractivity contribution in [3.8, 4) is 5.75 Å². The van der Waals surface area contributed by atoms with Crippen LogP contribution in [0.1, 0.15) is 33.1 Å². The summed E-state index contributed by atoms with van der Waals surface area (Å²) in [7, 11) is -3.80. The molecular formula is C23H27FN2O4S. The SMILES string of the molecule is CC(C)Oc1ccc(NC(=O)[C@@H]2C[C@@H]3CC[C@@H]2N(S(=O)(=O)c2ccc(F)cc2)C3)cc1. The summed E-state index contributed by atoms with van der Waals surface area (Å²) in [5.74, 6) is -0.221. The van der Waals surface area contributed by atoms with Crippen LogP contribution in [0.25, 0.3) is 0 Å². The van der Waals surface area contributed by atoms with Gasteiger partial charge in [-0.15, -0.1) is 0 Å². The Morgan fingerprint density at radius 2 is 1.77 bits per heavy atom. The molecule has 2 aromatic carbocycles. The fraction of sp³-hybridized carbons (Fsp3) is 0.435. The van der Waals surface area contributed by atoms with Gasteiger partial charge in [-0.2, -0.15) is 4.31 Å². The molecule has 1 N–H and O–H groups in total. The summed E-state index contributed by atoms with van der Waals surface area (Å²) in [5, 5.41) is 2.93. The number of hydrogen-bond acceptors (Lipinski definition) is 4. The third-order valence-corrected chi connectivity index (χ3v) is 7.89. The third-order valence-electron chi connectivity index (χ3n) is 5.98. The van der Waals surface area contributed by atoms with Crippen molar-refractivity contribution in [3.05, 3.63) is 54.3 Å². The lowest BCUT2D eigenvalue weighted by molar-refractivity contribution is -0.125. The molecule has 166 valence electrons. The van der Waals surface area contributed by atoms with Gasteiger partial charge in [0.1, 0.15) is 11.6 Å². The first-order valence-corrected chi connectivity index (χ1v) is 12.0. The fourth-order valence-corrected chi connectivity index (χ4v) is 6.33. The first kappa shape index (κ1) is 21.8. The fourth-order valence-electron chi connectivity index (χ4n) is 4.57. The van der Waals surface area contributed by atoms with E-state index in [2.05, 4.69) is 5.32 Å². The summed E-state index contributed by atoms with van der Waals surface area (Å²) in [6.07, 6.45) is 2.28. The highest BCUT2D eigenvalue weighted by Gasteiger charge is 2.48. The van der Waals surface area contributed by atoms with Crippen LogP contribution in [0.3, 0.4) is 0 Å². The van der Waals surface area contributed by atoms with Gasteiger partial charge in [0.25, 0.3) is 0 Å². The predicted molar refractivity (Wildman–Crippen MR) is 116 cm³/mol. The predicted octanol–water partition coefficient (Wildman–Crippen LogP) is 4.04. The average molecular weight is 447 g/mol. The van der Waals surface area contributed by atoms with Gasteiger partial charge in [-0.05, 0) is 87.6 Å². The highest BCUT2D eigenvalue weighted by atomic mass is 32.2. The summed E-state index contributed by atoms with van der Waals surface area (Å²) >= 11 is 0. The van der Waals surface area contributed by atoms with Gasteiger partial charge in [0.15, 0.2) is 0 Å². The molecule has 2 bridgehead atoms. The molecule has 0 aromatic heterocycles. The highest BCUT2D eigenvalue weighted by Crippen LogP contribution is 2.42. The minimum Gasteiger partial charge on any atom is -0.491 e. The van der Waals surface area contributed by atoms with E-state index in [0.29, 0.717) is 25.1 Å². The summed E-state index contributed by atoms with van der Waals surface area (Å²) in [6.45, 7) is 4.29. The van der Waals surface area contributed by atoms with Crippen molar-refractivity contribution in [1.29, 1.82) is 0 Å². The summed E-state index contributed by atoms with van der Waals surface area (Å²) in [6, 6.07) is 11.6. The van der Waals surface area contributed by atoms with Crippen LogP contribution in [0.5, 0.6) is 5.75 Å². The zero-order valence-corrected chi connectivity index (χ0v) is 18.4. The maximum Gasteiger partial charge on any atom is 0.243 e. The maximum atomic E-state index is 13.3. The molecule has 3 atom stereocenters. The molecule has 2 aliphatic heterocycles. The van der Waals surface area contributed by atoms with Gasteiger partial charge >= 0.3 is 0 Å². The van der Waals surface area contributed by atoms with Gasteiger partial charge in [0.05, 0.1) is 16.9 Å². The molecule has 8 heteroatoms. The van der Waals surface area contributed by atoms with Gasteiger partial charge in [-0.25, -0.2) is 12.8 Å². The standard InChI is InChI=1S/C23H27FN2O4S/c1-15(2)30-19-8-6-18(7-9-19)25-23(27)21-13-16-3-12-22(21)26(14-16)31(28,29)20-10-4-17(24)5-11-20/h4-11,15-16,21-22H,3,12-14H2,1-2H3,(H,25,27)/t16-,21+,22-/m0/s1. The number of ether oxygens (including phenoxy) is 1. The van der Waals surface area contributed by atoms with Gasteiger partial charge in [0.2, 0.25) is 15.9 Å². The zero-order valence-electron chi connectivity index (χ0n) is 17.6. The molecule has 5 rings (SSSR count). The highest BCUT2D eigenvalue weighted by molar-refractivity contribution is 7.89. The summed E-state index contributed by atoms with van der Waals surface area (Å²) < 4.78 is 46.7. The Balaban J connectivity index is 1.50. The van der Waals surface area contributed by atoms with Crippen LogP contribution in [-0.4, -0.2) is 37.3 Å². The molecule has 1 aliphatic carbocycles. The second-order valence-corrected chi connectivity index (χ2v) is 10.5. The number of nitrogens with one attached hydrogen (secondary N) is 1. The van der Waals surface area contributed by atoms with E-state index >= 15 is 0 Å². The van der Waals surface area contributed by atoms with Crippen molar-refractivity contribution < 1.29 is 22.3 Å². The molecule has 1 amide bonds. The van der Waals surface area contributed by atoms with E-state index in [9.17, 15) is 17.6 Å². The molecule has 3 aliphatic rings. The molecule has 6 nitrogen and oxygen atoms in total. The number of benzene rings is 2. The number of amides is 1. The lowest BCUT2D eigenvalue weighted by Crippen LogP contribution is -2.57. The average Bonchev–Trinajstić information content (AvgIpc) is 2.75. The number of anilines is 1. The van der Waals surface area contributed by atoms with Crippen molar-refractivity contribution in [3.63, 3.8) is 0 Å². The topological polar surface area (TPSA) is 75.7 Å². The number of carbonyl (C=O) groups excluding carboxylic acids is 1. The molecule has 0 spiro atoms. The number of rotatable bonds is 6. The van der Waals surface area contributed by atoms with Crippen molar-refractivity contribution in [1.82, 2.24) is 4.31 Å². The van der Waals surface area contributed by atoms with Crippen molar-refractivity contribution >= 4 is 21.6 Å². The third kappa shape index (κ3) is 4.60. The molecule has 0 unspecified atom stereocenters. The molecule has 2 saturated heterocycles. The van der Waals surface area contributed by atoms with Crippen molar-refractivity contribution in [2.24, 2.45) is 11.8 Å². The minimum absolute atomic E-state index is 0.0568. The monoisotopic (exact) mass is 446 g/mol. The molecule has 31 heavy (non-hydrogen) atoms. The Morgan fingerprint density at radius 3 is 2.39 bits per heavy atom. The van der Waals surface area contributed by atoms with Crippen LogP contribution < -0.4 is 10.1 Å². The Bertz CT molecular complexity index is 1040. The molecule has 1 saturated carbocycles. The maximum absolute atomic E-state index is 13.3. The number of piperidine rings is 2. The van der Waals surface area contributed by atoms with E-state index in [1.54, 1.807) is 24.3 Å². The molecule has 2 aromatic rings. The Labute approximate surface area is 182 Å². The first-order chi connectivity index (χ1) is 14.7. The second-order valence-electron chi connectivity index (χ2n) is 8.56. The Morgan fingerprint density at radius 1 is 1.10 bits per heavy atom. The molecule has 0 radical (unpaired) electrons. The van der Waals surface area contributed by atoms with Crippen LogP contribution in [0.4, 0.5) is 10.1 Å². The van der Waals surface area contributed by atoms with E-state index in [1.807, 2.05) is 13.8 Å². The number of fused-ring (bicyclic) bond motifs is 3. The van der Waals surface area contributed by atoms with Gasteiger partial charge in [-0.3, -0.25) is 4.79 Å². The van der Waals surface area contributed by atoms with Crippen molar-refractivity contribution in [2.75, 3.05) is 11.9 Å². The first-order valence-electron chi connectivity index (χ1n) is 10.6. The van der Waals surface area contributed by atoms with Crippen LogP contribution >= 0.6 is 0 Å². The van der Waals surface area contributed by atoms with Crippen molar-refractivity contribution in [2.45, 2.75) is 50.2 Å². The van der Waals surface area contributed by atoms with Crippen LogP contribution in [0.15, 0.2) is 53.4 Å². The number of sulfonamides is 1. The van der Waals surface area contributed by atoms with Gasteiger partial charge in [0, 0.05) is 18.3 Å². The van der Waals surface area contributed by atoms with E-state index < -0.39 is 27.8 Å². The summed E-state index contributed by atoms with van der Waals surface area (Å²) in [5.41, 5.74) is 0.649. The number of carbonyl (C=O) groups is 1. The van der Waals surface area contributed by atoms with Gasteiger partial charge < -0.3 is 10.1 Å². The van der Waals surface area contributed by atoms with Gasteiger partial charge in [-0.1, -0.05) is 0 Å². The smallest absolute Gasteiger partial charge is 0.243 e. The van der Waals surface area contributed by atoms with E-state index in [1.165, 1.54) is 16.4 Å². The molecular weight excluding hydrogens is 419 g/mol. The lowest BCUT2D eigenvalue weighted by atomic mass is 9.73. The lowest BCUT2D eigenvalue weighted by Gasteiger charge is -2.48. The largest absolute Gasteiger partial charge is 0.491 e. The normalized spacial score (nSPS) is 23.7. The Hall–Kier alpha value is -2.45. The van der Waals surface area contributed by atoms with E-state index in [-0.39, 0.29) is 22.8 Å². The summed E-state index contributed by atoms with van der Waals surface area (Å²) in [4.78, 5) is 13.1. The van der Waals surface area contributed by atoms with Crippen LogP contribution in [0.2, 0.25) is 0 Å². The molecule has 3 fully saturated rings. The quantitative estimate of drug-likeness (QED) is 0.727. The Kier molecular flexibility index (Phi) is 6.03. The zero-order chi connectivity index (χ0) is 22.2. The van der Waals surface area contributed by atoms with Crippen LogP contribution in [0, 0.1) is 17.7 Å². The number of hydrogen-bond donors (Lipinski definition) is 1. The van der Waals surface area contributed by atoms with E-state index in [4.69, 9.17) is 4.74 Å². The number of halogens is 1. The van der Waals surface area contributed by atoms with E-state index in [0.717, 1.165) is 24.3 Å². The molecule has 2 heterocycles.